The maximum absolute atomic E-state index is 12.8. The Hall–Kier alpha value is -2.43. The van der Waals surface area contributed by atoms with Crippen LogP contribution in [0.15, 0.2) is 47.5 Å². The maximum Gasteiger partial charge on any atom is 0.339 e. The van der Waals surface area contributed by atoms with Crippen molar-refractivity contribution >= 4 is 18.2 Å². The minimum Gasteiger partial charge on any atom is -0.481 e. The van der Waals surface area contributed by atoms with Crippen LogP contribution >= 0.6 is 0 Å². The summed E-state index contributed by atoms with van der Waals surface area (Å²) in [6, 6.07) is 9.09. The standard InChI is InChI=1S/C18H21NO4/c1-17(2,3)23-16(22)18(10-7-11-19-18)14(12-15(20)21)13-8-5-4-6-9-13/h4-11,14H,12H2,1-3H3,(H,20,21). The molecule has 1 N–H and O–H groups in total. The van der Waals surface area contributed by atoms with E-state index in [-0.39, 0.29) is 6.42 Å². The van der Waals surface area contributed by atoms with Crippen LogP contribution in [0.1, 0.15) is 38.7 Å². The van der Waals surface area contributed by atoms with Crippen LogP contribution in [0.25, 0.3) is 0 Å². The average Bonchev–Trinajstić information content (AvgIpc) is 2.94. The summed E-state index contributed by atoms with van der Waals surface area (Å²) in [5, 5.41) is 9.31. The fraction of sp³-hybridized carbons (Fsp3) is 0.389. The molecule has 122 valence electrons. The molecule has 0 saturated carbocycles. The van der Waals surface area contributed by atoms with Crippen molar-refractivity contribution in [1.29, 1.82) is 0 Å². The molecule has 2 rings (SSSR count). The van der Waals surface area contributed by atoms with Gasteiger partial charge in [0.1, 0.15) is 5.60 Å². The fourth-order valence-electron chi connectivity index (χ4n) is 2.62. The Bertz CT molecular complexity index is 629. The summed E-state index contributed by atoms with van der Waals surface area (Å²) in [7, 11) is 0. The molecule has 1 aromatic rings. The third kappa shape index (κ3) is 3.86. The number of hydrogen-bond acceptors (Lipinski definition) is 4. The van der Waals surface area contributed by atoms with Gasteiger partial charge in [0.25, 0.3) is 0 Å². The maximum atomic E-state index is 12.8. The second-order valence-corrected chi connectivity index (χ2v) is 6.53. The van der Waals surface area contributed by atoms with E-state index in [1.54, 1.807) is 45.1 Å². The summed E-state index contributed by atoms with van der Waals surface area (Å²) in [6.45, 7) is 5.32. The number of aliphatic carboxylic acids is 1. The van der Waals surface area contributed by atoms with Gasteiger partial charge in [-0.15, -0.1) is 0 Å². The van der Waals surface area contributed by atoms with Gasteiger partial charge in [0, 0.05) is 12.1 Å². The van der Waals surface area contributed by atoms with Gasteiger partial charge in [-0.3, -0.25) is 9.79 Å². The first kappa shape index (κ1) is 16.9. The lowest BCUT2D eigenvalue weighted by molar-refractivity contribution is -0.160. The lowest BCUT2D eigenvalue weighted by Gasteiger charge is -2.33. The van der Waals surface area contributed by atoms with Crippen LogP contribution in [0.5, 0.6) is 0 Å². The van der Waals surface area contributed by atoms with E-state index in [2.05, 4.69) is 4.99 Å². The molecule has 0 aliphatic carbocycles. The van der Waals surface area contributed by atoms with Crippen molar-refractivity contribution in [2.75, 3.05) is 0 Å². The largest absolute Gasteiger partial charge is 0.481 e. The highest BCUT2D eigenvalue weighted by Crippen LogP contribution is 2.39. The number of hydrogen-bond donors (Lipinski definition) is 1. The predicted molar refractivity (Wildman–Crippen MR) is 87.6 cm³/mol. The van der Waals surface area contributed by atoms with E-state index in [0.717, 1.165) is 5.56 Å². The highest BCUT2D eigenvalue weighted by Gasteiger charge is 2.48. The molecule has 0 fully saturated rings. The molecule has 1 aliphatic heterocycles. The van der Waals surface area contributed by atoms with E-state index in [9.17, 15) is 14.7 Å². The Morgan fingerprint density at radius 2 is 1.91 bits per heavy atom. The Balaban J connectivity index is 2.47. The fourth-order valence-corrected chi connectivity index (χ4v) is 2.62. The Labute approximate surface area is 135 Å². The van der Waals surface area contributed by atoms with Crippen molar-refractivity contribution in [2.45, 2.75) is 44.2 Å². The number of carboxylic acid groups (broad SMARTS) is 1. The van der Waals surface area contributed by atoms with Gasteiger partial charge in [-0.2, -0.15) is 0 Å². The van der Waals surface area contributed by atoms with Crippen molar-refractivity contribution in [3.8, 4) is 0 Å². The molecule has 1 aromatic carbocycles. The highest BCUT2D eigenvalue weighted by atomic mass is 16.6. The van der Waals surface area contributed by atoms with E-state index in [0.29, 0.717) is 0 Å². The third-order valence-corrected chi connectivity index (χ3v) is 3.56. The van der Waals surface area contributed by atoms with Crippen LogP contribution in [0.3, 0.4) is 0 Å². The molecule has 0 radical (unpaired) electrons. The molecular weight excluding hydrogens is 294 g/mol. The Kier molecular flexibility index (Phi) is 4.68. The normalized spacial score (nSPS) is 21.2. The van der Waals surface area contributed by atoms with Gasteiger partial charge >= 0.3 is 11.9 Å². The smallest absolute Gasteiger partial charge is 0.339 e. The van der Waals surface area contributed by atoms with Crippen LogP contribution in [0.4, 0.5) is 0 Å². The van der Waals surface area contributed by atoms with Gasteiger partial charge < -0.3 is 9.84 Å². The topological polar surface area (TPSA) is 76.0 Å². The summed E-state index contributed by atoms with van der Waals surface area (Å²) in [6.07, 6.45) is 4.58. The van der Waals surface area contributed by atoms with Crippen molar-refractivity contribution in [3.05, 3.63) is 48.0 Å². The number of allylic oxidation sites excluding steroid dienone is 1. The first-order valence-corrected chi connectivity index (χ1v) is 7.48. The second kappa shape index (κ2) is 6.36. The second-order valence-electron chi connectivity index (χ2n) is 6.53. The van der Waals surface area contributed by atoms with E-state index >= 15 is 0 Å². The van der Waals surface area contributed by atoms with Crippen molar-refractivity contribution in [3.63, 3.8) is 0 Å². The summed E-state index contributed by atoms with van der Waals surface area (Å²) < 4.78 is 5.51. The number of carbonyl (C=O) groups is 2. The molecule has 2 unspecified atom stereocenters. The molecule has 5 nitrogen and oxygen atoms in total. The molecule has 0 saturated heterocycles. The summed E-state index contributed by atoms with van der Waals surface area (Å²) in [5.74, 6) is -2.16. The molecule has 23 heavy (non-hydrogen) atoms. The number of aliphatic imine (C=N–C) groups is 1. The lowest BCUT2D eigenvalue weighted by Crippen LogP contribution is -2.45. The Morgan fingerprint density at radius 3 is 2.39 bits per heavy atom. The molecule has 0 aromatic heterocycles. The molecular formula is C18H21NO4. The zero-order valence-corrected chi connectivity index (χ0v) is 13.5. The van der Waals surface area contributed by atoms with Gasteiger partial charge in [-0.1, -0.05) is 30.3 Å². The van der Waals surface area contributed by atoms with E-state index < -0.39 is 29.0 Å². The molecule has 0 amide bonds. The molecule has 1 heterocycles. The summed E-state index contributed by atoms with van der Waals surface area (Å²) in [4.78, 5) is 28.5. The molecule has 2 atom stereocenters. The Morgan fingerprint density at radius 1 is 1.26 bits per heavy atom. The van der Waals surface area contributed by atoms with Crippen LogP contribution in [0, 0.1) is 0 Å². The monoisotopic (exact) mass is 315 g/mol. The van der Waals surface area contributed by atoms with Crippen LogP contribution in [0.2, 0.25) is 0 Å². The van der Waals surface area contributed by atoms with Gasteiger partial charge in [0.15, 0.2) is 5.54 Å². The van der Waals surface area contributed by atoms with Gasteiger partial charge in [-0.05, 0) is 38.5 Å². The SMILES string of the molecule is CC(C)(C)OC(=O)C1(C(CC(=O)O)c2ccccc2)C=CC=N1. The van der Waals surface area contributed by atoms with Gasteiger partial charge in [-0.25, -0.2) is 4.79 Å². The number of rotatable bonds is 5. The zero-order valence-electron chi connectivity index (χ0n) is 13.5. The predicted octanol–water partition coefficient (Wildman–Crippen LogP) is 2.97. The first-order chi connectivity index (χ1) is 10.7. The first-order valence-electron chi connectivity index (χ1n) is 7.48. The number of benzene rings is 1. The van der Waals surface area contributed by atoms with Gasteiger partial charge in [0.2, 0.25) is 0 Å². The minimum atomic E-state index is -1.34. The summed E-state index contributed by atoms with van der Waals surface area (Å²) >= 11 is 0. The number of carboxylic acids is 1. The average molecular weight is 315 g/mol. The van der Waals surface area contributed by atoms with Crippen molar-refractivity contribution in [1.82, 2.24) is 0 Å². The number of carbonyl (C=O) groups excluding carboxylic acids is 1. The molecule has 5 heteroatoms. The minimum absolute atomic E-state index is 0.217. The molecule has 0 bridgehead atoms. The number of esters is 1. The van der Waals surface area contributed by atoms with Crippen LogP contribution in [-0.2, 0) is 14.3 Å². The number of nitrogens with zero attached hydrogens (tertiary/aromatic N) is 1. The van der Waals surface area contributed by atoms with E-state index in [1.807, 2.05) is 18.2 Å². The number of ether oxygens (including phenoxy) is 1. The molecule has 1 aliphatic rings. The van der Waals surface area contributed by atoms with Crippen molar-refractivity contribution < 1.29 is 19.4 Å². The van der Waals surface area contributed by atoms with Crippen LogP contribution < -0.4 is 0 Å². The third-order valence-electron chi connectivity index (χ3n) is 3.56. The lowest BCUT2D eigenvalue weighted by atomic mass is 9.77. The quantitative estimate of drug-likeness (QED) is 0.848. The van der Waals surface area contributed by atoms with Crippen molar-refractivity contribution in [2.24, 2.45) is 4.99 Å². The highest BCUT2D eigenvalue weighted by molar-refractivity contribution is 5.93. The zero-order chi connectivity index (χ0) is 17.1. The van der Waals surface area contributed by atoms with E-state index in [4.69, 9.17) is 4.74 Å². The van der Waals surface area contributed by atoms with E-state index in [1.165, 1.54) is 6.21 Å². The molecule has 0 spiro atoms. The van der Waals surface area contributed by atoms with Crippen LogP contribution in [-0.4, -0.2) is 34.4 Å². The summed E-state index contributed by atoms with van der Waals surface area (Å²) in [5.41, 5.74) is -1.28. The van der Waals surface area contributed by atoms with Gasteiger partial charge in [0.05, 0.1) is 6.42 Å².